The van der Waals surface area contributed by atoms with E-state index in [-0.39, 0.29) is 5.91 Å². The van der Waals surface area contributed by atoms with Crippen LogP contribution in [0.15, 0.2) is 67.0 Å². The average Bonchev–Trinajstić information content (AvgIpc) is 3.28. The highest BCUT2D eigenvalue weighted by Crippen LogP contribution is 2.22. The molecule has 0 spiro atoms. The molecule has 2 heterocycles. The highest BCUT2D eigenvalue weighted by atomic mass is 16.1. The lowest BCUT2D eigenvalue weighted by molar-refractivity contribution is -0.121. The van der Waals surface area contributed by atoms with Crippen molar-refractivity contribution in [1.82, 2.24) is 14.5 Å². The van der Waals surface area contributed by atoms with E-state index in [1.807, 2.05) is 22.9 Å². The van der Waals surface area contributed by atoms with Gasteiger partial charge in [0, 0.05) is 41.9 Å². The third-order valence-electron chi connectivity index (χ3n) is 5.53. The van der Waals surface area contributed by atoms with E-state index in [1.165, 1.54) is 22.9 Å². The van der Waals surface area contributed by atoms with Gasteiger partial charge >= 0.3 is 0 Å². The number of hydrogen-bond acceptors (Lipinski definition) is 1. The molecule has 0 fully saturated rings. The highest BCUT2D eigenvalue weighted by Gasteiger charge is 2.10. The van der Waals surface area contributed by atoms with Gasteiger partial charge < -0.3 is 14.5 Å². The van der Waals surface area contributed by atoms with Crippen LogP contribution in [0.25, 0.3) is 21.8 Å². The molecule has 4 heteroatoms. The fourth-order valence-corrected chi connectivity index (χ4v) is 3.93. The number of fused-ring (bicyclic) bond motifs is 2. The summed E-state index contributed by atoms with van der Waals surface area (Å²) in [7, 11) is 0. The normalized spacial score (nSPS) is 11.6. The van der Waals surface area contributed by atoms with E-state index in [1.54, 1.807) is 0 Å². The number of para-hydroxylation sites is 2. The van der Waals surface area contributed by atoms with Crippen molar-refractivity contribution in [2.24, 2.45) is 5.92 Å². The number of rotatable bonds is 8. The standard InChI is InChI=1S/C25H29N3O/c1-19(2)12-15-27-17-21(22-8-4-6-10-24(22)27)11-14-26-25(29)18-28-16-13-20-7-3-5-9-23(20)28/h3-10,13,16-17,19H,11-12,14-15,18H2,1-2H3,(H,26,29). The maximum Gasteiger partial charge on any atom is 0.239 e. The van der Waals surface area contributed by atoms with Gasteiger partial charge in [-0.3, -0.25) is 4.79 Å². The van der Waals surface area contributed by atoms with Crippen molar-refractivity contribution in [3.05, 3.63) is 72.6 Å². The van der Waals surface area contributed by atoms with Gasteiger partial charge in [0.05, 0.1) is 0 Å². The molecule has 0 radical (unpaired) electrons. The van der Waals surface area contributed by atoms with E-state index in [2.05, 4.69) is 72.4 Å². The van der Waals surface area contributed by atoms with Crippen molar-refractivity contribution in [1.29, 1.82) is 0 Å². The molecule has 1 N–H and O–H groups in total. The molecule has 0 aliphatic rings. The topological polar surface area (TPSA) is 39.0 Å². The molecule has 0 aliphatic carbocycles. The van der Waals surface area contributed by atoms with Crippen molar-refractivity contribution >= 4 is 27.7 Å². The molecule has 0 atom stereocenters. The molecule has 4 nitrogen and oxygen atoms in total. The number of amides is 1. The van der Waals surface area contributed by atoms with Crippen LogP contribution in [0.4, 0.5) is 0 Å². The van der Waals surface area contributed by atoms with Crippen LogP contribution in [0.3, 0.4) is 0 Å². The zero-order valence-corrected chi connectivity index (χ0v) is 17.3. The molecule has 0 bridgehead atoms. The van der Waals surface area contributed by atoms with E-state index in [0.717, 1.165) is 23.9 Å². The average molecular weight is 388 g/mol. The Morgan fingerprint density at radius 3 is 2.55 bits per heavy atom. The number of aryl methyl sites for hydroxylation is 1. The second kappa shape index (κ2) is 8.56. The molecule has 2 aromatic carbocycles. The van der Waals surface area contributed by atoms with Crippen LogP contribution in [0.2, 0.25) is 0 Å². The van der Waals surface area contributed by atoms with Crippen molar-refractivity contribution in [2.75, 3.05) is 6.54 Å². The van der Waals surface area contributed by atoms with Crippen molar-refractivity contribution in [3.63, 3.8) is 0 Å². The van der Waals surface area contributed by atoms with Crippen molar-refractivity contribution in [2.45, 2.75) is 39.8 Å². The van der Waals surface area contributed by atoms with Crippen LogP contribution in [0.1, 0.15) is 25.8 Å². The van der Waals surface area contributed by atoms with Crippen LogP contribution >= 0.6 is 0 Å². The predicted molar refractivity (Wildman–Crippen MR) is 120 cm³/mol. The van der Waals surface area contributed by atoms with Crippen molar-refractivity contribution < 1.29 is 4.79 Å². The summed E-state index contributed by atoms with van der Waals surface area (Å²) in [5.74, 6) is 0.735. The maximum atomic E-state index is 12.5. The summed E-state index contributed by atoms with van der Waals surface area (Å²) in [6.45, 7) is 6.55. The Kier molecular flexibility index (Phi) is 5.70. The Balaban J connectivity index is 1.39. The number of nitrogens with one attached hydrogen (secondary N) is 1. The molecule has 1 amide bonds. The first kappa shape index (κ1) is 19.3. The highest BCUT2D eigenvalue weighted by molar-refractivity contribution is 5.85. The lowest BCUT2D eigenvalue weighted by Gasteiger charge is -2.07. The molecule has 0 saturated carbocycles. The summed E-state index contributed by atoms with van der Waals surface area (Å²) in [5.41, 5.74) is 3.68. The second-order valence-corrected chi connectivity index (χ2v) is 8.15. The Labute approximate surface area is 172 Å². The lowest BCUT2D eigenvalue weighted by Crippen LogP contribution is -2.29. The monoisotopic (exact) mass is 387 g/mol. The summed E-state index contributed by atoms with van der Waals surface area (Å²) in [6, 6.07) is 18.8. The molecule has 0 unspecified atom stereocenters. The fraction of sp³-hybridized carbons (Fsp3) is 0.320. The van der Waals surface area contributed by atoms with Crippen LogP contribution in [0.5, 0.6) is 0 Å². The number of hydrogen-bond donors (Lipinski definition) is 1. The Morgan fingerprint density at radius 1 is 0.966 bits per heavy atom. The predicted octanol–water partition coefficient (Wildman–Crippen LogP) is 5.00. The minimum atomic E-state index is 0.0508. The number of nitrogens with zero attached hydrogens (tertiary/aromatic N) is 2. The molecular weight excluding hydrogens is 358 g/mol. The number of aromatic nitrogens is 2. The summed E-state index contributed by atoms with van der Waals surface area (Å²) >= 11 is 0. The number of benzene rings is 2. The Morgan fingerprint density at radius 2 is 1.72 bits per heavy atom. The van der Waals surface area contributed by atoms with Gasteiger partial charge in [-0.15, -0.1) is 0 Å². The molecule has 0 saturated heterocycles. The largest absolute Gasteiger partial charge is 0.354 e. The first-order valence-electron chi connectivity index (χ1n) is 10.5. The van der Waals surface area contributed by atoms with Crippen LogP contribution in [-0.2, 0) is 24.3 Å². The zero-order valence-electron chi connectivity index (χ0n) is 17.3. The Hall–Kier alpha value is -3.01. The van der Waals surface area contributed by atoms with Crippen LogP contribution < -0.4 is 5.32 Å². The SMILES string of the molecule is CC(C)CCn1cc(CCNC(=O)Cn2ccc3ccccc32)c2ccccc21. The lowest BCUT2D eigenvalue weighted by atomic mass is 10.1. The molecule has 4 aromatic rings. The zero-order chi connectivity index (χ0) is 20.2. The number of carbonyl (C=O) groups excluding carboxylic acids is 1. The van der Waals surface area contributed by atoms with Gasteiger partial charge in [-0.1, -0.05) is 50.2 Å². The minimum absolute atomic E-state index is 0.0508. The Bertz CT molecular complexity index is 1120. The summed E-state index contributed by atoms with van der Waals surface area (Å²) in [4.78, 5) is 12.5. The molecule has 4 rings (SSSR count). The molecule has 29 heavy (non-hydrogen) atoms. The quantitative estimate of drug-likeness (QED) is 0.454. The van der Waals surface area contributed by atoms with E-state index < -0.39 is 0 Å². The van der Waals surface area contributed by atoms with E-state index >= 15 is 0 Å². The summed E-state index contributed by atoms with van der Waals surface area (Å²) < 4.78 is 4.36. The fourth-order valence-electron chi connectivity index (χ4n) is 3.93. The van der Waals surface area contributed by atoms with E-state index in [9.17, 15) is 4.79 Å². The minimum Gasteiger partial charge on any atom is -0.354 e. The second-order valence-electron chi connectivity index (χ2n) is 8.15. The summed E-state index contributed by atoms with van der Waals surface area (Å²) in [6.07, 6.45) is 6.25. The third-order valence-corrected chi connectivity index (χ3v) is 5.53. The smallest absolute Gasteiger partial charge is 0.239 e. The van der Waals surface area contributed by atoms with Gasteiger partial charge in [0.2, 0.25) is 5.91 Å². The van der Waals surface area contributed by atoms with Crippen LogP contribution in [0, 0.1) is 5.92 Å². The maximum absolute atomic E-state index is 12.5. The van der Waals surface area contributed by atoms with E-state index in [0.29, 0.717) is 19.0 Å². The molecular formula is C25H29N3O. The third kappa shape index (κ3) is 4.37. The van der Waals surface area contributed by atoms with Gasteiger partial charge in [0.25, 0.3) is 0 Å². The molecule has 150 valence electrons. The van der Waals surface area contributed by atoms with Gasteiger partial charge in [-0.2, -0.15) is 0 Å². The molecule has 2 aromatic heterocycles. The van der Waals surface area contributed by atoms with Gasteiger partial charge in [-0.05, 0) is 47.9 Å². The first-order chi connectivity index (χ1) is 14.1. The van der Waals surface area contributed by atoms with Gasteiger partial charge in [-0.25, -0.2) is 0 Å². The number of carbonyl (C=O) groups is 1. The van der Waals surface area contributed by atoms with E-state index in [4.69, 9.17) is 0 Å². The van der Waals surface area contributed by atoms with Gasteiger partial charge in [0.15, 0.2) is 0 Å². The summed E-state index contributed by atoms with van der Waals surface area (Å²) in [5, 5.41) is 5.54. The first-order valence-corrected chi connectivity index (χ1v) is 10.5. The van der Waals surface area contributed by atoms with Gasteiger partial charge in [0.1, 0.15) is 6.54 Å². The van der Waals surface area contributed by atoms with Crippen LogP contribution in [-0.4, -0.2) is 21.6 Å². The molecule has 0 aliphatic heterocycles. The van der Waals surface area contributed by atoms with Crippen molar-refractivity contribution in [3.8, 4) is 0 Å².